The highest BCUT2D eigenvalue weighted by molar-refractivity contribution is 7.99. The molecule has 0 amide bonds. The standard InChI is InChI=1S/C18H16N4O4S/c1-11-4-6-14(8-12(11)2)26-17(23)13-5-7-16(15(9-13)22(24)25)27-18-20-19-10-21(18)3/h4-10H,1-3H3. The summed E-state index contributed by atoms with van der Waals surface area (Å²) < 4.78 is 6.99. The number of hydrogen-bond donors (Lipinski definition) is 0. The van der Waals surface area contributed by atoms with Crippen molar-refractivity contribution in [2.75, 3.05) is 0 Å². The molecule has 0 aliphatic carbocycles. The molecule has 0 radical (unpaired) electrons. The lowest BCUT2D eigenvalue weighted by Crippen LogP contribution is -2.09. The molecular formula is C18H16N4O4S. The predicted molar refractivity (Wildman–Crippen MR) is 99.1 cm³/mol. The summed E-state index contributed by atoms with van der Waals surface area (Å²) >= 11 is 1.10. The van der Waals surface area contributed by atoms with Gasteiger partial charge in [0.2, 0.25) is 0 Å². The van der Waals surface area contributed by atoms with E-state index in [4.69, 9.17) is 4.74 Å². The van der Waals surface area contributed by atoms with Crippen molar-refractivity contribution in [3.63, 3.8) is 0 Å². The summed E-state index contributed by atoms with van der Waals surface area (Å²) in [6, 6.07) is 9.50. The molecule has 1 heterocycles. The minimum atomic E-state index is -0.656. The number of nitrogens with zero attached hydrogens (tertiary/aromatic N) is 4. The molecule has 2 aromatic carbocycles. The van der Waals surface area contributed by atoms with Crippen LogP contribution in [0.3, 0.4) is 0 Å². The number of ether oxygens (including phenoxy) is 1. The molecule has 1 aromatic heterocycles. The van der Waals surface area contributed by atoms with Gasteiger partial charge in [-0.1, -0.05) is 6.07 Å². The van der Waals surface area contributed by atoms with Gasteiger partial charge in [-0.2, -0.15) is 0 Å². The fraction of sp³-hybridized carbons (Fsp3) is 0.167. The normalized spacial score (nSPS) is 10.6. The summed E-state index contributed by atoms with van der Waals surface area (Å²) in [4.78, 5) is 23.7. The van der Waals surface area contributed by atoms with Crippen LogP contribution in [0, 0.1) is 24.0 Å². The van der Waals surface area contributed by atoms with Crippen molar-refractivity contribution < 1.29 is 14.5 Å². The lowest BCUT2D eigenvalue weighted by molar-refractivity contribution is -0.387. The third kappa shape index (κ3) is 4.14. The summed E-state index contributed by atoms with van der Waals surface area (Å²) in [5, 5.41) is 19.6. The van der Waals surface area contributed by atoms with E-state index >= 15 is 0 Å². The van der Waals surface area contributed by atoms with Crippen LogP contribution in [0.4, 0.5) is 5.69 Å². The maximum atomic E-state index is 12.4. The lowest BCUT2D eigenvalue weighted by Gasteiger charge is -2.08. The van der Waals surface area contributed by atoms with Crippen LogP contribution in [-0.2, 0) is 7.05 Å². The molecule has 0 fully saturated rings. The van der Waals surface area contributed by atoms with Crippen LogP contribution < -0.4 is 4.74 Å². The first-order valence-electron chi connectivity index (χ1n) is 7.95. The summed E-state index contributed by atoms with van der Waals surface area (Å²) in [7, 11) is 1.74. The molecule has 0 saturated carbocycles. The van der Waals surface area contributed by atoms with Crippen molar-refractivity contribution in [3.8, 4) is 5.75 Å². The molecule has 0 spiro atoms. The van der Waals surface area contributed by atoms with Gasteiger partial charge in [-0.15, -0.1) is 10.2 Å². The Kier molecular flexibility index (Phi) is 5.22. The van der Waals surface area contributed by atoms with Gasteiger partial charge in [-0.3, -0.25) is 10.1 Å². The van der Waals surface area contributed by atoms with E-state index in [0.717, 1.165) is 22.9 Å². The van der Waals surface area contributed by atoms with Gasteiger partial charge < -0.3 is 9.30 Å². The topological polar surface area (TPSA) is 100 Å². The molecular weight excluding hydrogens is 368 g/mol. The van der Waals surface area contributed by atoms with Gasteiger partial charge in [0.1, 0.15) is 12.1 Å². The van der Waals surface area contributed by atoms with Crippen LogP contribution >= 0.6 is 11.8 Å². The van der Waals surface area contributed by atoms with Gasteiger partial charge in [0.15, 0.2) is 5.16 Å². The van der Waals surface area contributed by atoms with Crippen LogP contribution in [0.25, 0.3) is 0 Å². The second kappa shape index (κ2) is 7.58. The molecule has 0 aliphatic heterocycles. The van der Waals surface area contributed by atoms with Crippen LogP contribution in [0.2, 0.25) is 0 Å². The fourth-order valence-electron chi connectivity index (χ4n) is 2.28. The van der Waals surface area contributed by atoms with Crippen LogP contribution in [0.5, 0.6) is 5.75 Å². The van der Waals surface area contributed by atoms with Crippen LogP contribution in [0.1, 0.15) is 21.5 Å². The molecule has 0 unspecified atom stereocenters. The first kappa shape index (κ1) is 18.6. The van der Waals surface area contributed by atoms with Gasteiger partial charge >= 0.3 is 5.97 Å². The Bertz CT molecular complexity index is 1030. The third-order valence-corrected chi connectivity index (χ3v) is 5.07. The number of carbonyl (C=O) groups is 1. The average molecular weight is 384 g/mol. The SMILES string of the molecule is Cc1ccc(OC(=O)c2ccc(Sc3nncn3C)c([N+](=O)[O-])c2)cc1C. The number of nitro benzene ring substituents is 1. The predicted octanol–water partition coefficient (Wildman–Crippen LogP) is 3.71. The Morgan fingerprint density at radius 3 is 2.59 bits per heavy atom. The molecule has 9 heteroatoms. The first-order valence-corrected chi connectivity index (χ1v) is 8.76. The van der Waals surface area contributed by atoms with Crippen LogP contribution in [0.15, 0.2) is 52.8 Å². The summed E-state index contributed by atoms with van der Waals surface area (Å²) in [6.07, 6.45) is 1.50. The highest BCUT2D eigenvalue weighted by atomic mass is 32.2. The van der Waals surface area contributed by atoms with Gasteiger partial charge in [0.25, 0.3) is 5.69 Å². The Labute approximate surface area is 159 Å². The molecule has 0 atom stereocenters. The second-order valence-corrected chi connectivity index (χ2v) is 6.91. The molecule has 0 N–H and O–H groups in total. The van der Waals surface area contributed by atoms with Crippen LogP contribution in [-0.4, -0.2) is 25.7 Å². The molecule has 0 aliphatic rings. The molecule has 8 nitrogen and oxygen atoms in total. The van der Waals surface area contributed by atoms with Gasteiger partial charge in [0, 0.05) is 13.1 Å². The van der Waals surface area contributed by atoms with E-state index in [9.17, 15) is 14.9 Å². The van der Waals surface area contributed by atoms with E-state index in [-0.39, 0.29) is 11.3 Å². The van der Waals surface area contributed by atoms with E-state index < -0.39 is 10.9 Å². The monoisotopic (exact) mass is 384 g/mol. The summed E-state index contributed by atoms with van der Waals surface area (Å²) in [6.45, 7) is 3.87. The van der Waals surface area contributed by atoms with Gasteiger partial charge in [-0.25, -0.2) is 4.79 Å². The smallest absolute Gasteiger partial charge is 0.343 e. The number of benzene rings is 2. The highest BCUT2D eigenvalue weighted by Crippen LogP contribution is 2.34. The number of aryl methyl sites for hydroxylation is 3. The number of nitro groups is 1. The fourth-order valence-corrected chi connectivity index (χ4v) is 3.13. The maximum absolute atomic E-state index is 12.4. The van der Waals surface area contributed by atoms with E-state index in [1.807, 2.05) is 19.9 Å². The second-order valence-electron chi connectivity index (χ2n) is 5.90. The van der Waals surface area contributed by atoms with E-state index in [0.29, 0.717) is 15.8 Å². The Hall–Kier alpha value is -3.20. The minimum Gasteiger partial charge on any atom is -0.423 e. The molecule has 3 rings (SSSR count). The first-order chi connectivity index (χ1) is 12.8. The number of aromatic nitrogens is 3. The highest BCUT2D eigenvalue weighted by Gasteiger charge is 2.21. The number of carbonyl (C=O) groups excluding carboxylic acids is 1. The minimum absolute atomic E-state index is 0.0993. The zero-order valence-electron chi connectivity index (χ0n) is 14.9. The molecule has 0 bridgehead atoms. The number of hydrogen-bond acceptors (Lipinski definition) is 7. The van der Waals surface area contributed by atoms with Crippen molar-refractivity contribution in [2.24, 2.45) is 7.05 Å². The largest absolute Gasteiger partial charge is 0.423 e. The third-order valence-electron chi connectivity index (χ3n) is 3.95. The van der Waals surface area contributed by atoms with E-state index in [2.05, 4.69) is 10.2 Å². The van der Waals surface area contributed by atoms with Gasteiger partial charge in [0.05, 0.1) is 15.4 Å². The van der Waals surface area contributed by atoms with Crippen molar-refractivity contribution in [2.45, 2.75) is 23.9 Å². The van der Waals surface area contributed by atoms with Crippen molar-refractivity contribution >= 4 is 23.4 Å². The lowest BCUT2D eigenvalue weighted by atomic mass is 10.1. The Balaban J connectivity index is 1.86. The van der Waals surface area contributed by atoms with Gasteiger partial charge in [-0.05, 0) is 61.0 Å². The molecule has 27 heavy (non-hydrogen) atoms. The molecule has 3 aromatic rings. The van der Waals surface area contributed by atoms with E-state index in [1.165, 1.54) is 24.5 Å². The molecule has 0 saturated heterocycles. The summed E-state index contributed by atoms with van der Waals surface area (Å²) in [5.41, 5.74) is 1.97. The van der Waals surface area contributed by atoms with Crippen molar-refractivity contribution in [1.82, 2.24) is 14.8 Å². The Morgan fingerprint density at radius 2 is 1.96 bits per heavy atom. The number of rotatable bonds is 5. The zero-order valence-corrected chi connectivity index (χ0v) is 15.7. The number of esters is 1. The Morgan fingerprint density at radius 1 is 1.19 bits per heavy atom. The quantitative estimate of drug-likeness (QED) is 0.286. The maximum Gasteiger partial charge on any atom is 0.343 e. The molecule has 138 valence electrons. The average Bonchev–Trinajstić information content (AvgIpc) is 3.03. The van der Waals surface area contributed by atoms with Crippen molar-refractivity contribution in [3.05, 3.63) is 69.5 Å². The zero-order chi connectivity index (χ0) is 19.6. The van der Waals surface area contributed by atoms with E-state index in [1.54, 1.807) is 23.7 Å². The van der Waals surface area contributed by atoms with Crippen molar-refractivity contribution in [1.29, 1.82) is 0 Å². The summed E-state index contributed by atoms with van der Waals surface area (Å²) in [5.74, 6) is -0.264.